The van der Waals surface area contributed by atoms with Crippen LogP contribution in [0.3, 0.4) is 0 Å². The highest BCUT2D eigenvalue weighted by Gasteiger charge is 2.11. The molecule has 0 amide bonds. The lowest BCUT2D eigenvalue weighted by Gasteiger charge is -2.12. The van der Waals surface area contributed by atoms with Crippen molar-refractivity contribution in [2.24, 2.45) is 5.73 Å². The van der Waals surface area contributed by atoms with E-state index in [-0.39, 0.29) is 16.8 Å². The number of benzene rings is 2. The summed E-state index contributed by atoms with van der Waals surface area (Å²) in [6.07, 6.45) is 1.57. The molecule has 0 aliphatic heterocycles. The Kier molecular flexibility index (Phi) is 5.45. The van der Waals surface area contributed by atoms with Crippen LogP contribution in [0.5, 0.6) is 11.5 Å². The maximum Gasteiger partial charge on any atom is 0.184 e. The normalized spacial score (nSPS) is 12.2. The van der Waals surface area contributed by atoms with E-state index in [1.54, 1.807) is 18.2 Å². The van der Waals surface area contributed by atoms with Gasteiger partial charge in [0.2, 0.25) is 0 Å². The quantitative estimate of drug-likeness (QED) is 0.818. The molecule has 0 heterocycles. The molecule has 0 radical (unpaired) electrons. The van der Waals surface area contributed by atoms with E-state index in [1.165, 1.54) is 12.1 Å². The Hall–Kier alpha value is -1.29. The molecule has 0 fully saturated rings. The van der Waals surface area contributed by atoms with Crippen LogP contribution in [0, 0.1) is 5.82 Å². The third-order valence-electron chi connectivity index (χ3n) is 3.17. The van der Waals surface area contributed by atoms with Crippen LogP contribution in [0.4, 0.5) is 4.39 Å². The van der Waals surface area contributed by atoms with Crippen LogP contribution < -0.4 is 10.5 Å². The van der Waals surface area contributed by atoms with Gasteiger partial charge in [-0.1, -0.05) is 42.3 Å². The minimum absolute atomic E-state index is 0.0177. The average Bonchev–Trinajstić information content (AvgIpc) is 2.46. The van der Waals surface area contributed by atoms with E-state index in [9.17, 15) is 4.39 Å². The van der Waals surface area contributed by atoms with E-state index < -0.39 is 5.82 Å². The van der Waals surface area contributed by atoms with Gasteiger partial charge >= 0.3 is 0 Å². The first-order valence-corrected chi connectivity index (χ1v) is 7.42. The van der Waals surface area contributed by atoms with Crippen molar-refractivity contribution in [2.45, 2.75) is 25.8 Å². The first-order chi connectivity index (χ1) is 10.0. The molecular formula is C16H16Cl2FNO. The van der Waals surface area contributed by atoms with Gasteiger partial charge in [-0.25, -0.2) is 4.39 Å². The highest BCUT2D eigenvalue weighted by atomic mass is 35.5. The topological polar surface area (TPSA) is 35.2 Å². The summed E-state index contributed by atoms with van der Waals surface area (Å²) in [5, 5.41) is 0.572. The van der Waals surface area contributed by atoms with Gasteiger partial charge in [-0.3, -0.25) is 0 Å². The van der Waals surface area contributed by atoms with Gasteiger partial charge in [0.25, 0.3) is 0 Å². The Labute approximate surface area is 133 Å². The van der Waals surface area contributed by atoms with Crippen LogP contribution in [0.1, 0.15) is 18.9 Å². The zero-order valence-corrected chi connectivity index (χ0v) is 13.1. The molecule has 1 unspecified atom stereocenters. The van der Waals surface area contributed by atoms with E-state index in [0.717, 1.165) is 12.0 Å². The smallest absolute Gasteiger partial charge is 0.184 e. The molecular weight excluding hydrogens is 312 g/mol. The number of hydrogen-bond donors (Lipinski definition) is 1. The molecule has 0 spiro atoms. The van der Waals surface area contributed by atoms with E-state index in [0.29, 0.717) is 17.2 Å². The van der Waals surface area contributed by atoms with Crippen LogP contribution in [0.15, 0.2) is 36.4 Å². The lowest BCUT2D eigenvalue weighted by Crippen LogP contribution is -2.21. The summed E-state index contributed by atoms with van der Waals surface area (Å²) in [4.78, 5) is 0. The summed E-state index contributed by atoms with van der Waals surface area (Å²) in [6, 6.07) is 9.90. The standard InChI is InChI=1S/C16H16Cl2FNO/c1-2-11(20)8-10-6-7-12(9-14(10)18)21-15-5-3-4-13(17)16(15)19/h3-7,9,11H,2,8,20H2,1H3. The van der Waals surface area contributed by atoms with Crippen LogP contribution in [0.25, 0.3) is 0 Å². The van der Waals surface area contributed by atoms with Gasteiger partial charge in [-0.05, 0) is 42.7 Å². The Balaban J connectivity index is 2.18. The molecule has 2 nitrogen and oxygen atoms in total. The number of hydrogen-bond acceptors (Lipinski definition) is 2. The predicted octanol–water partition coefficient (Wildman–Crippen LogP) is 5.20. The van der Waals surface area contributed by atoms with Crippen molar-refractivity contribution in [2.75, 3.05) is 0 Å². The molecule has 21 heavy (non-hydrogen) atoms. The second-order valence-corrected chi connectivity index (χ2v) is 5.59. The molecule has 2 N–H and O–H groups in total. The van der Waals surface area contributed by atoms with Crippen molar-refractivity contribution < 1.29 is 9.13 Å². The second kappa shape index (κ2) is 7.12. The molecule has 0 aromatic heterocycles. The molecule has 0 saturated carbocycles. The third kappa shape index (κ3) is 4.10. The van der Waals surface area contributed by atoms with Gasteiger partial charge in [0.15, 0.2) is 11.6 Å². The lowest BCUT2D eigenvalue weighted by molar-refractivity contribution is 0.442. The summed E-state index contributed by atoms with van der Waals surface area (Å²) >= 11 is 11.9. The second-order valence-electron chi connectivity index (χ2n) is 4.78. The van der Waals surface area contributed by atoms with Gasteiger partial charge < -0.3 is 10.5 Å². The van der Waals surface area contributed by atoms with Crippen LogP contribution in [-0.4, -0.2) is 6.04 Å². The van der Waals surface area contributed by atoms with Crippen molar-refractivity contribution in [1.29, 1.82) is 0 Å². The van der Waals surface area contributed by atoms with Crippen molar-refractivity contribution in [3.8, 4) is 11.5 Å². The van der Waals surface area contributed by atoms with E-state index in [1.807, 2.05) is 13.0 Å². The van der Waals surface area contributed by atoms with Crippen LogP contribution >= 0.6 is 23.2 Å². The highest BCUT2D eigenvalue weighted by Crippen LogP contribution is 2.31. The van der Waals surface area contributed by atoms with Gasteiger partial charge in [0.05, 0.1) is 5.02 Å². The van der Waals surface area contributed by atoms with Gasteiger partial charge in [-0.15, -0.1) is 0 Å². The Morgan fingerprint density at radius 1 is 1.19 bits per heavy atom. The molecule has 0 bridgehead atoms. The van der Waals surface area contributed by atoms with Crippen LogP contribution in [0.2, 0.25) is 10.0 Å². The Morgan fingerprint density at radius 2 is 1.95 bits per heavy atom. The van der Waals surface area contributed by atoms with Crippen molar-refractivity contribution in [3.05, 3.63) is 57.8 Å². The molecule has 2 aromatic rings. The van der Waals surface area contributed by atoms with Crippen molar-refractivity contribution >= 4 is 23.2 Å². The molecule has 112 valence electrons. The number of nitrogens with two attached hydrogens (primary N) is 1. The van der Waals surface area contributed by atoms with E-state index in [4.69, 9.17) is 33.7 Å². The maximum atomic E-state index is 13.8. The fourth-order valence-corrected chi connectivity index (χ4v) is 2.29. The summed E-state index contributed by atoms with van der Waals surface area (Å²) in [5.74, 6) is -0.0704. The summed E-state index contributed by atoms with van der Waals surface area (Å²) < 4.78 is 19.3. The molecule has 0 aliphatic carbocycles. The summed E-state index contributed by atoms with van der Waals surface area (Å²) in [7, 11) is 0. The van der Waals surface area contributed by atoms with Crippen molar-refractivity contribution in [1.82, 2.24) is 0 Å². The lowest BCUT2D eigenvalue weighted by atomic mass is 10.0. The monoisotopic (exact) mass is 327 g/mol. The van der Waals surface area contributed by atoms with Crippen molar-refractivity contribution in [3.63, 3.8) is 0 Å². The zero-order chi connectivity index (χ0) is 15.4. The van der Waals surface area contributed by atoms with E-state index in [2.05, 4.69) is 0 Å². The molecule has 1 atom stereocenters. The number of rotatable bonds is 5. The summed E-state index contributed by atoms with van der Waals surface area (Å²) in [6.45, 7) is 2.03. The van der Waals surface area contributed by atoms with Gasteiger partial charge in [0, 0.05) is 11.1 Å². The molecule has 0 saturated heterocycles. The highest BCUT2D eigenvalue weighted by molar-refractivity contribution is 6.31. The summed E-state index contributed by atoms with van der Waals surface area (Å²) in [5.41, 5.74) is 6.87. The number of ether oxygens (including phenoxy) is 1. The SMILES string of the molecule is CCC(N)Cc1ccc(Oc2cccc(Cl)c2F)cc1Cl. The average molecular weight is 328 g/mol. The van der Waals surface area contributed by atoms with Crippen LogP contribution in [-0.2, 0) is 6.42 Å². The van der Waals surface area contributed by atoms with Gasteiger partial charge in [-0.2, -0.15) is 0 Å². The molecule has 2 aromatic carbocycles. The first kappa shape index (κ1) is 16.1. The predicted molar refractivity (Wildman–Crippen MR) is 84.9 cm³/mol. The van der Waals surface area contributed by atoms with E-state index >= 15 is 0 Å². The first-order valence-electron chi connectivity index (χ1n) is 6.67. The Bertz CT molecular complexity index is 634. The molecule has 5 heteroatoms. The Morgan fingerprint density at radius 3 is 2.62 bits per heavy atom. The number of halogens is 3. The van der Waals surface area contributed by atoms with Gasteiger partial charge in [0.1, 0.15) is 5.75 Å². The minimum atomic E-state index is -0.590. The fourth-order valence-electron chi connectivity index (χ4n) is 1.87. The maximum absolute atomic E-state index is 13.8. The molecule has 2 rings (SSSR count). The minimum Gasteiger partial charge on any atom is -0.454 e. The zero-order valence-electron chi connectivity index (χ0n) is 11.6. The fraction of sp³-hybridized carbons (Fsp3) is 0.250. The third-order valence-corrected chi connectivity index (χ3v) is 3.82. The largest absolute Gasteiger partial charge is 0.454 e. The molecule has 0 aliphatic rings.